The highest BCUT2D eigenvalue weighted by Crippen LogP contribution is 2.29. The van der Waals surface area contributed by atoms with E-state index in [1.807, 2.05) is 36.4 Å². The highest BCUT2D eigenvalue weighted by atomic mass is 32.1. The lowest BCUT2D eigenvalue weighted by Crippen LogP contribution is -2.25. The average molecular weight is 351 g/mol. The Labute approximate surface area is 153 Å². The minimum absolute atomic E-state index is 0.460. The van der Waals surface area contributed by atoms with Gasteiger partial charge in [-0.05, 0) is 53.9 Å². The fourth-order valence-corrected chi connectivity index (χ4v) is 3.01. The van der Waals surface area contributed by atoms with Gasteiger partial charge in [-0.25, -0.2) is 0 Å². The van der Waals surface area contributed by atoms with Crippen molar-refractivity contribution < 1.29 is 4.74 Å². The van der Waals surface area contributed by atoms with E-state index in [9.17, 15) is 0 Å². The maximum Gasteiger partial charge on any atom is 0.191 e. The Bertz CT molecular complexity index is 829. The lowest BCUT2D eigenvalue weighted by molar-refractivity contribution is 0.414. The molecule has 0 amide bonds. The van der Waals surface area contributed by atoms with E-state index in [0.29, 0.717) is 11.0 Å². The number of nitrogens with one attached hydrogen (secondary N) is 2. The number of hydrazone groups is 1. The maximum absolute atomic E-state index is 5.36. The van der Waals surface area contributed by atoms with E-state index >= 15 is 0 Å². The van der Waals surface area contributed by atoms with E-state index in [-0.39, 0.29) is 0 Å². The van der Waals surface area contributed by atoms with Crippen LogP contribution < -0.4 is 15.5 Å². The van der Waals surface area contributed by atoms with Crippen LogP contribution in [0.3, 0.4) is 0 Å². The molecule has 1 aliphatic carbocycles. The molecule has 2 aromatic rings. The van der Waals surface area contributed by atoms with Gasteiger partial charge in [-0.2, -0.15) is 5.10 Å². The largest absolute Gasteiger partial charge is 0.496 e. The summed E-state index contributed by atoms with van der Waals surface area (Å²) in [6, 6.07) is 13.9. The molecule has 0 fully saturated rings. The summed E-state index contributed by atoms with van der Waals surface area (Å²) >= 11 is 5.36. The van der Waals surface area contributed by atoms with Crippen LogP contribution in [0.15, 0.2) is 53.6 Å². The van der Waals surface area contributed by atoms with Crippen LogP contribution in [0.25, 0.3) is 6.08 Å². The zero-order chi connectivity index (χ0) is 17.6. The number of para-hydroxylation sites is 1. The molecular formula is C20H21N3OS. The van der Waals surface area contributed by atoms with Crippen LogP contribution in [-0.2, 0) is 6.42 Å². The summed E-state index contributed by atoms with van der Waals surface area (Å²) < 4.78 is 5.30. The first kappa shape index (κ1) is 17.2. The van der Waals surface area contributed by atoms with Gasteiger partial charge in [-0.15, -0.1) is 0 Å². The van der Waals surface area contributed by atoms with E-state index < -0.39 is 0 Å². The van der Waals surface area contributed by atoms with Crippen molar-refractivity contribution in [2.75, 3.05) is 12.4 Å². The van der Waals surface area contributed by atoms with E-state index in [1.54, 1.807) is 13.3 Å². The van der Waals surface area contributed by atoms with Crippen molar-refractivity contribution in [2.24, 2.45) is 11.0 Å². The standard InChI is InChI=1S/C20H21N3OS/c1-14-10-11-15-7-5-8-18(17(15)12-14)22-20(25)23-21-13-16-6-3-4-9-19(16)24-2/h3-11,13-14H,12H2,1-2H3,(H2,22,23,25). The minimum Gasteiger partial charge on any atom is -0.496 e. The second kappa shape index (κ2) is 7.94. The first-order valence-electron chi connectivity index (χ1n) is 8.20. The van der Waals surface area contributed by atoms with Crippen LogP contribution in [0.5, 0.6) is 5.75 Å². The molecule has 0 saturated heterocycles. The fraction of sp³-hybridized carbons (Fsp3) is 0.200. The zero-order valence-corrected chi connectivity index (χ0v) is 15.1. The summed E-state index contributed by atoms with van der Waals surface area (Å²) in [5.74, 6) is 1.30. The molecule has 1 unspecified atom stereocenters. The molecule has 4 nitrogen and oxygen atoms in total. The van der Waals surface area contributed by atoms with E-state index in [2.05, 4.69) is 41.0 Å². The lowest BCUT2D eigenvalue weighted by Gasteiger charge is -2.20. The molecule has 2 aromatic carbocycles. The minimum atomic E-state index is 0.460. The Morgan fingerprint density at radius 2 is 2.08 bits per heavy atom. The van der Waals surface area contributed by atoms with Crippen molar-refractivity contribution in [1.29, 1.82) is 0 Å². The number of thiocarbonyl (C=S) groups is 1. The Kier molecular flexibility index (Phi) is 5.46. The summed E-state index contributed by atoms with van der Waals surface area (Å²) in [4.78, 5) is 0. The van der Waals surface area contributed by atoms with Gasteiger partial charge in [0.25, 0.3) is 0 Å². The molecule has 128 valence electrons. The van der Waals surface area contributed by atoms with E-state index in [1.165, 1.54) is 11.1 Å². The Morgan fingerprint density at radius 3 is 2.92 bits per heavy atom. The zero-order valence-electron chi connectivity index (χ0n) is 14.3. The Morgan fingerprint density at radius 1 is 1.24 bits per heavy atom. The molecule has 0 saturated carbocycles. The van der Waals surface area contributed by atoms with Crippen LogP contribution in [-0.4, -0.2) is 18.4 Å². The fourth-order valence-electron chi connectivity index (χ4n) is 2.85. The monoisotopic (exact) mass is 351 g/mol. The topological polar surface area (TPSA) is 45.6 Å². The normalized spacial score (nSPS) is 15.7. The lowest BCUT2D eigenvalue weighted by atomic mass is 9.89. The molecule has 0 aliphatic heterocycles. The number of benzene rings is 2. The molecule has 0 spiro atoms. The van der Waals surface area contributed by atoms with Crippen LogP contribution in [0.2, 0.25) is 0 Å². The van der Waals surface area contributed by atoms with Gasteiger partial charge in [0.2, 0.25) is 0 Å². The van der Waals surface area contributed by atoms with E-state index in [4.69, 9.17) is 17.0 Å². The second-order valence-electron chi connectivity index (χ2n) is 5.98. The van der Waals surface area contributed by atoms with Crippen molar-refractivity contribution in [3.05, 3.63) is 65.2 Å². The van der Waals surface area contributed by atoms with Gasteiger partial charge in [0, 0.05) is 11.3 Å². The van der Waals surface area contributed by atoms with Crippen LogP contribution in [0, 0.1) is 5.92 Å². The van der Waals surface area contributed by atoms with Crippen molar-refractivity contribution in [1.82, 2.24) is 5.43 Å². The number of fused-ring (bicyclic) bond motifs is 1. The molecule has 0 heterocycles. The van der Waals surface area contributed by atoms with Gasteiger partial charge in [0.05, 0.1) is 13.3 Å². The summed E-state index contributed by atoms with van der Waals surface area (Å²) in [7, 11) is 1.64. The summed E-state index contributed by atoms with van der Waals surface area (Å²) in [5.41, 5.74) is 7.30. The third-order valence-corrected chi connectivity index (χ3v) is 4.29. The number of hydrogen-bond acceptors (Lipinski definition) is 3. The SMILES string of the molecule is COc1ccccc1C=NNC(=S)Nc1cccc2c1CC(C)C=C2. The Balaban J connectivity index is 1.66. The molecule has 1 aliphatic rings. The van der Waals surface area contributed by atoms with E-state index in [0.717, 1.165) is 23.4 Å². The van der Waals surface area contributed by atoms with Gasteiger partial charge in [0.1, 0.15) is 5.75 Å². The molecule has 25 heavy (non-hydrogen) atoms. The van der Waals surface area contributed by atoms with Crippen molar-refractivity contribution >= 4 is 35.3 Å². The number of allylic oxidation sites excluding steroid dienone is 1. The molecule has 0 aromatic heterocycles. The number of rotatable bonds is 4. The van der Waals surface area contributed by atoms with Crippen molar-refractivity contribution in [3.8, 4) is 5.75 Å². The smallest absolute Gasteiger partial charge is 0.191 e. The maximum atomic E-state index is 5.36. The number of ether oxygens (including phenoxy) is 1. The molecule has 5 heteroatoms. The first-order chi connectivity index (χ1) is 12.2. The molecular weight excluding hydrogens is 330 g/mol. The summed E-state index contributed by atoms with van der Waals surface area (Å²) in [5, 5.41) is 7.91. The van der Waals surface area contributed by atoms with Crippen molar-refractivity contribution in [2.45, 2.75) is 13.3 Å². The predicted molar refractivity (Wildman–Crippen MR) is 108 cm³/mol. The van der Waals surface area contributed by atoms with Gasteiger partial charge in [0.15, 0.2) is 5.11 Å². The van der Waals surface area contributed by atoms with Gasteiger partial charge in [-0.3, -0.25) is 5.43 Å². The van der Waals surface area contributed by atoms with Crippen molar-refractivity contribution in [3.63, 3.8) is 0 Å². The average Bonchev–Trinajstić information content (AvgIpc) is 2.62. The number of methoxy groups -OCH3 is 1. The highest BCUT2D eigenvalue weighted by Gasteiger charge is 2.14. The van der Waals surface area contributed by atoms with Gasteiger partial charge >= 0.3 is 0 Å². The molecule has 0 bridgehead atoms. The number of nitrogens with zero attached hydrogens (tertiary/aromatic N) is 1. The second-order valence-corrected chi connectivity index (χ2v) is 6.39. The van der Waals surface area contributed by atoms with Gasteiger partial charge in [-0.1, -0.05) is 43.3 Å². The predicted octanol–water partition coefficient (Wildman–Crippen LogP) is 4.22. The quantitative estimate of drug-likeness (QED) is 0.492. The number of hydrogen-bond donors (Lipinski definition) is 2. The molecule has 2 N–H and O–H groups in total. The molecule has 1 atom stereocenters. The number of anilines is 1. The van der Waals surface area contributed by atoms with Crippen LogP contribution in [0.1, 0.15) is 23.6 Å². The summed E-state index contributed by atoms with van der Waals surface area (Å²) in [6.07, 6.45) is 7.10. The van der Waals surface area contributed by atoms with Gasteiger partial charge < -0.3 is 10.1 Å². The Hall–Kier alpha value is -2.66. The first-order valence-corrected chi connectivity index (χ1v) is 8.61. The molecule has 3 rings (SSSR count). The van der Waals surface area contributed by atoms with Crippen LogP contribution in [0.4, 0.5) is 5.69 Å². The third-order valence-electron chi connectivity index (χ3n) is 4.10. The summed E-state index contributed by atoms with van der Waals surface area (Å²) in [6.45, 7) is 2.21. The highest BCUT2D eigenvalue weighted by molar-refractivity contribution is 7.80. The van der Waals surface area contributed by atoms with Crippen LogP contribution >= 0.6 is 12.2 Å². The third kappa shape index (κ3) is 4.25. The molecule has 0 radical (unpaired) electrons.